The van der Waals surface area contributed by atoms with E-state index in [1.807, 2.05) is 32.0 Å². The van der Waals surface area contributed by atoms with Crippen LogP contribution >= 0.6 is 50.1 Å². The molecule has 0 aromatic heterocycles. The number of nitrogens with one attached hydrogen (secondary N) is 1. The summed E-state index contributed by atoms with van der Waals surface area (Å²) in [4.78, 5) is 12.3. The molecule has 0 unspecified atom stereocenters. The SMILES string of the molecule is Cc1cc(Br)cc(C)c1NC(=O)c1ccc(I)c(Cl)c1. The highest BCUT2D eigenvalue weighted by Crippen LogP contribution is 2.26. The van der Waals surface area contributed by atoms with Gasteiger partial charge < -0.3 is 5.32 Å². The Morgan fingerprint density at radius 3 is 2.35 bits per heavy atom. The van der Waals surface area contributed by atoms with Crippen molar-refractivity contribution in [1.82, 2.24) is 0 Å². The molecule has 1 amide bonds. The van der Waals surface area contributed by atoms with Gasteiger partial charge in [-0.2, -0.15) is 0 Å². The Balaban J connectivity index is 2.30. The molecular weight excluding hydrogens is 452 g/mol. The first-order valence-electron chi connectivity index (χ1n) is 5.91. The summed E-state index contributed by atoms with van der Waals surface area (Å²) in [6.07, 6.45) is 0. The van der Waals surface area contributed by atoms with Gasteiger partial charge in [0.15, 0.2) is 0 Å². The normalized spacial score (nSPS) is 10.4. The monoisotopic (exact) mass is 463 g/mol. The molecule has 0 saturated carbocycles. The zero-order valence-corrected chi connectivity index (χ0v) is 15.4. The van der Waals surface area contributed by atoms with Crippen LogP contribution in [0.4, 0.5) is 5.69 Å². The summed E-state index contributed by atoms with van der Waals surface area (Å²) < 4.78 is 1.93. The zero-order valence-electron chi connectivity index (χ0n) is 10.9. The summed E-state index contributed by atoms with van der Waals surface area (Å²) >= 11 is 11.6. The van der Waals surface area contributed by atoms with Crippen molar-refractivity contribution in [2.24, 2.45) is 0 Å². The Hall–Kier alpha value is -0.590. The van der Waals surface area contributed by atoms with Gasteiger partial charge in [0, 0.05) is 19.3 Å². The van der Waals surface area contributed by atoms with Crippen molar-refractivity contribution in [2.45, 2.75) is 13.8 Å². The van der Waals surface area contributed by atoms with E-state index in [1.54, 1.807) is 12.1 Å². The van der Waals surface area contributed by atoms with E-state index in [0.717, 1.165) is 24.9 Å². The number of carbonyl (C=O) groups excluding carboxylic acids is 1. The lowest BCUT2D eigenvalue weighted by Gasteiger charge is -2.12. The number of anilines is 1. The number of aryl methyl sites for hydroxylation is 2. The average Bonchev–Trinajstić information content (AvgIpc) is 2.36. The Morgan fingerprint density at radius 2 is 1.80 bits per heavy atom. The number of benzene rings is 2. The van der Waals surface area contributed by atoms with Gasteiger partial charge in [0.25, 0.3) is 5.91 Å². The highest BCUT2D eigenvalue weighted by molar-refractivity contribution is 14.1. The lowest BCUT2D eigenvalue weighted by Crippen LogP contribution is -2.14. The Morgan fingerprint density at radius 1 is 1.20 bits per heavy atom. The van der Waals surface area contributed by atoms with Crippen LogP contribution in [0.5, 0.6) is 0 Å². The number of halogens is 3. The first kappa shape index (κ1) is 15.8. The van der Waals surface area contributed by atoms with E-state index >= 15 is 0 Å². The molecular formula is C15H12BrClINO. The largest absolute Gasteiger partial charge is 0.322 e. The molecule has 5 heteroatoms. The topological polar surface area (TPSA) is 29.1 Å². The first-order chi connectivity index (χ1) is 9.38. The molecule has 1 N–H and O–H groups in total. The molecule has 0 saturated heterocycles. The summed E-state index contributed by atoms with van der Waals surface area (Å²) in [6, 6.07) is 9.24. The molecule has 2 aromatic rings. The zero-order chi connectivity index (χ0) is 14.9. The van der Waals surface area contributed by atoms with Crippen molar-refractivity contribution >= 4 is 61.7 Å². The highest BCUT2D eigenvalue weighted by Gasteiger charge is 2.11. The molecule has 0 radical (unpaired) electrons. The molecule has 0 fully saturated rings. The number of rotatable bonds is 2. The van der Waals surface area contributed by atoms with Gasteiger partial charge in [-0.1, -0.05) is 27.5 Å². The molecule has 104 valence electrons. The van der Waals surface area contributed by atoms with Crippen LogP contribution in [-0.4, -0.2) is 5.91 Å². The third-order valence-electron chi connectivity index (χ3n) is 2.92. The molecule has 0 bridgehead atoms. The van der Waals surface area contributed by atoms with Crippen molar-refractivity contribution in [3.05, 3.63) is 60.1 Å². The fraction of sp³-hybridized carbons (Fsp3) is 0.133. The van der Waals surface area contributed by atoms with Gasteiger partial charge in [0.1, 0.15) is 0 Å². The number of hydrogen-bond acceptors (Lipinski definition) is 1. The summed E-state index contributed by atoms with van der Waals surface area (Å²) in [5.74, 6) is -0.156. The molecule has 2 rings (SSSR count). The van der Waals surface area contributed by atoms with Crippen LogP contribution in [0.25, 0.3) is 0 Å². The van der Waals surface area contributed by atoms with Gasteiger partial charge in [-0.15, -0.1) is 0 Å². The van der Waals surface area contributed by atoms with Crippen LogP contribution in [0.3, 0.4) is 0 Å². The highest BCUT2D eigenvalue weighted by atomic mass is 127. The van der Waals surface area contributed by atoms with E-state index in [4.69, 9.17) is 11.6 Å². The van der Waals surface area contributed by atoms with Gasteiger partial charge in [-0.3, -0.25) is 4.79 Å². The van der Waals surface area contributed by atoms with E-state index in [0.29, 0.717) is 10.6 Å². The minimum atomic E-state index is -0.156. The second kappa shape index (κ2) is 6.45. The quantitative estimate of drug-likeness (QED) is 0.578. The van der Waals surface area contributed by atoms with Gasteiger partial charge in [-0.05, 0) is 77.9 Å². The van der Waals surface area contributed by atoms with Crippen LogP contribution < -0.4 is 5.32 Å². The van der Waals surface area contributed by atoms with Gasteiger partial charge in [-0.25, -0.2) is 0 Å². The minimum Gasteiger partial charge on any atom is -0.322 e. The second-order valence-corrected chi connectivity index (χ2v) is 6.98. The van der Waals surface area contributed by atoms with Gasteiger partial charge in [0.2, 0.25) is 0 Å². The van der Waals surface area contributed by atoms with Crippen molar-refractivity contribution in [3.63, 3.8) is 0 Å². The first-order valence-corrected chi connectivity index (χ1v) is 8.16. The standard InChI is InChI=1S/C15H12BrClINO/c1-8-5-11(16)6-9(2)14(8)19-15(20)10-3-4-13(18)12(17)7-10/h3-7H,1-2H3,(H,19,20). The van der Waals surface area contributed by atoms with Crippen LogP contribution in [0.1, 0.15) is 21.5 Å². The van der Waals surface area contributed by atoms with E-state index in [2.05, 4.69) is 43.8 Å². The van der Waals surface area contributed by atoms with Crippen molar-refractivity contribution < 1.29 is 4.79 Å². The molecule has 2 nitrogen and oxygen atoms in total. The van der Waals surface area contributed by atoms with E-state index in [-0.39, 0.29) is 5.91 Å². The van der Waals surface area contributed by atoms with E-state index in [1.165, 1.54) is 0 Å². The molecule has 20 heavy (non-hydrogen) atoms. The summed E-state index contributed by atoms with van der Waals surface area (Å²) in [7, 11) is 0. The van der Waals surface area contributed by atoms with Crippen LogP contribution in [0, 0.1) is 17.4 Å². The van der Waals surface area contributed by atoms with Crippen LogP contribution in [-0.2, 0) is 0 Å². The van der Waals surface area contributed by atoms with Gasteiger partial charge >= 0.3 is 0 Å². The maximum absolute atomic E-state index is 12.3. The lowest BCUT2D eigenvalue weighted by atomic mass is 10.1. The summed E-state index contributed by atoms with van der Waals surface area (Å²) in [5, 5.41) is 3.53. The maximum atomic E-state index is 12.3. The van der Waals surface area contributed by atoms with E-state index < -0.39 is 0 Å². The molecule has 0 heterocycles. The number of hydrogen-bond donors (Lipinski definition) is 1. The Bertz CT molecular complexity index is 665. The average molecular weight is 465 g/mol. The summed E-state index contributed by atoms with van der Waals surface area (Å²) in [6.45, 7) is 3.93. The maximum Gasteiger partial charge on any atom is 0.255 e. The Kier molecular flexibility index (Phi) is 5.09. The third-order valence-corrected chi connectivity index (χ3v) is 4.95. The Labute approximate surface area is 145 Å². The number of carbonyl (C=O) groups is 1. The number of amides is 1. The predicted octanol–water partition coefficient (Wildman–Crippen LogP) is 5.58. The van der Waals surface area contributed by atoms with Crippen LogP contribution in [0.2, 0.25) is 5.02 Å². The molecule has 0 atom stereocenters. The summed E-state index contributed by atoms with van der Waals surface area (Å²) in [5.41, 5.74) is 3.42. The molecule has 0 aliphatic rings. The van der Waals surface area contributed by atoms with Crippen LogP contribution in [0.15, 0.2) is 34.8 Å². The van der Waals surface area contributed by atoms with Crippen molar-refractivity contribution in [2.75, 3.05) is 5.32 Å². The molecule has 0 aliphatic carbocycles. The predicted molar refractivity (Wildman–Crippen MR) is 95.7 cm³/mol. The lowest BCUT2D eigenvalue weighted by molar-refractivity contribution is 0.102. The van der Waals surface area contributed by atoms with E-state index in [9.17, 15) is 4.79 Å². The second-order valence-electron chi connectivity index (χ2n) is 4.50. The molecule has 2 aromatic carbocycles. The third kappa shape index (κ3) is 3.54. The van der Waals surface area contributed by atoms with Crippen molar-refractivity contribution in [3.8, 4) is 0 Å². The molecule has 0 spiro atoms. The fourth-order valence-electron chi connectivity index (χ4n) is 1.93. The molecule has 0 aliphatic heterocycles. The fourth-order valence-corrected chi connectivity index (χ4v) is 3.13. The van der Waals surface area contributed by atoms with Gasteiger partial charge in [0.05, 0.1) is 5.02 Å². The van der Waals surface area contributed by atoms with Crippen molar-refractivity contribution in [1.29, 1.82) is 0 Å². The smallest absolute Gasteiger partial charge is 0.255 e. The minimum absolute atomic E-state index is 0.156.